The second kappa shape index (κ2) is 11.8. The summed E-state index contributed by atoms with van der Waals surface area (Å²) in [6.07, 6.45) is 1.31. The molecular weight excluding hydrogens is 411 g/mol. The molecule has 2 aromatic carbocycles. The molecule has 0 heterocycles. The first-order valence-electron chi connectivity index (χ1n) is 9.64. The van der Waals surface area contributed by atoms with Gasteiger partial charge in [0.25, 0.3) is 0 Å². The standard InChI is InChI=1S/C22H26ClFN2O2S/c1-3-13-25-22(28)20(4-2)26(14-16-5-9-18(24)10-6-16)21(27)15-29-19-11-7-17(23)8-12-19/h5-12,20H,3-4,13-15H2,1-2H3,(H,25,28)/t20-/m1/s1. The van der Waals surface area contributed by atoms with E-state index >= 15 is 0 Å². The van der Waals surface area contributed by atoms with Crippen molar-refractivity contribution in [2.24, 2.45) is 0 Å². The maximum atomic E-state index is 13.3. The van der Waals surface area contributed by atoms with E-state index in [4.69, 9.17) is 11.6 Å². The van der Waals surface area contributed by atoms with Crippen LogP contribution in [0.25, 0.3) is 0 Å². The zero-order valence-corrected chi connectivity index (χ0v) is 18.2. The fourth-order valence-electron chi connectivity index (χ4n) is 2.83. The van der Waals surface area contributed by atoms with Gasteiger partial charge in [-0.3, -0.25) is 9.59 Å². The van der Waals surface area contributed by atoms with Crippen LogP contribution in [0.3, 0.4) is 0 Å². The van der Waals surface area contributed by atoms with Crippen molar-refractivity contribution < 1.29 is 14.0 Å². The van der Waals surface area contributed by atoms with Crippen molar-refractivity contribution in [2.75, 3.05) is 12.3 Å². The average Bonchev–Trinajstić information content (AvgIpc) is 2.72. The van der Waals surface area contributed by atoms with Crippen LogP contribution in [0.1, 0.15) is 32.3 Å². The summed E-state index contributed by atoms with van der Waals surface area (Å²) < 4.78 is 13.3. The molecule has 0 aliphatic carbocycles. The van der Waals surface area contributed by atoms with Gasteiger partial charge in [0.05, 0.1) is 5.75 Å². The number of halogens is 2. The Balaban J connectivity index is 2.16. The highest BCUT2D eigenvalue weighted by molar-refractivity contribution is 8.00. The minimum atomic E-state index is -0.579. The maximum absolute atomic E-state index is 13.3. The van der Waals surface area contributed by atoms with Gasteiger partial charge < -0.3 is 10.2 Å². The third-order valence-corrected chi connectivity index (χ3v) is 5.63. The molecule has 0 aromatic heterocycles. The smallest absolute Gasteiger partial charge is 0.242 e. The fourth-order valence-corrected chi connectivity index (χ4v) is 3.74. The van der Waals surface area contributed by atoms with Crippen LogP contribution >= 0.6 is 23.4 Å². The van der Waals surface area contributed by atoms with E-state index in [1.165, 1.54) is 23.9 Å². The summed E-state index contributed by atoms with van der Waals surface area (Å²) in [5.41, 5.74) is 0.776. The molecule has 2 aromatic rings. The lowest BCUT2D eigenvalue weighted by Crippen LogP contribution is -2.49. The predicted molar refractivity (Wildman–Crippen MR) is 117 cm³/mol. The fraction of sp³-hybridized carbons (Fsp3) is 0.364. The normalized spacial score (nSPS) is 11.7. The van der Waals surface area contributed by atoms with Gasteiger partial charge in [-0.05, 0) is 54.8 Å². The Hall–Kier alpha value is -2.05. The van der Waals surface area contributed by atoms with E-state index in [1.807, 2.05) is 26.0 Å². The van der Waals surface area contributed by atoms with Crippen molar-refractivity contribution >= 4 is 35.2 Å². The molecule has 0 spiro atoms. The third-order valence-electron chi connectivity index (χ3n) is 4.38. The first-order chi connectivity index (χ1) is 13.9. The molecule has 0 fully saturated rings. The number of carbonyl (C=O) groups is 2. The van der Waals surface area contributed by atoms with Gasteiger partial charge in [-0.25, -0.2) is 4.39 Å². The van der Waals surface area contributed by atoms with Crippen LogP contribution in [0, 0.1) is 5.82 Å². The molecule has 4 nitrogen and oxygen atoms in total. The summed E-state index contributed by atoms with van der Waals surface area (Å²) >= 11 is 7.30. The second-order valence-electron chi connectivity index (χ2n) is 6.61. The van der Waals surface area contributed by atoms with Crippen molar-refractivity contribution in [3.05, 3.63) is 64.9 Å². The van der Waals surface area contributed by atoms with Gasteiger partial charge in [-0.2, -0.15) is 0 Å². The number of rotatable bonds is 10. The van der Waals surface area contributed by atoms with E-state index < -0.39 is 6.04 Å². The first kappa shape index (κ1) is 23.2. The highest BCUT2D eigenvalue weighted by Crippen LogP contribution is 2.22. The Kier molecular flexibility index (Phi) is 9.48. The predicted octanol–water partition coefficient (Wildman–Crippen LogP) is 4.90. The molecule has 156 valence electrons. The highest BCUT2D eigenvalue weighted by Gasteiger charge is 2.28. The number of hydrogen-bond acceptors (Lipinski definition) is 3. The number of nitrogens with one attached hydrogen (secondary N) is 1. The number of thioether (sulfide) groups is 1. The quantitative estimate of drug-likeness (QED) is 0.538. The van der Waals surface area contributed by atoms with Crippen LogP contribution in [0.2, 0.25) is 5.02 Å². The van der Waals surface area contributed by atoms with Crippen molar-refractivity contribution in [1.29, 1.82) is 0 Å². The minimum absolute atomic E-state index is 0.146. The van der Waals surface area contributed by atoms with Gasteiger partial charge in [0, 0.05) is 23.0 Å². The second-order valence-corrected chi connectivity index (χ2v) is 8.09. The molecule has 0 unspecified atom stereocenters. The minimum Gasteiger partial charge on any atom is -0.354 e. The Labute approximate surface area is 180 Å². The lowest BCUT2D eigenvalue weighted by Gasteiger charge is -2.30. The summed E-state index contributed by atoms with van der Waals surface area (Å²) in [7, 11) is 0. The summed E-state index contributed by atoms with van der Waals surface area (Å²) in [5.74, 6) is -0.452. The Morgan fingerprint density at radius 1 is 1.10 bits per heavy atom. The number of amides is 2. The molecule has 0 aliphatic heterocycles. The Bertz CT molecular complexity index is 799. The number of hydrogen-bond donors (Lipinski definition) is 1. The van der Waals surface area contributed by atoms with E-state index in [1.54, 1.807) is 29.2 Å². The average molecular weight is 437 g/mol. The lowest BCUT2D eigenvalue weighted by molar-refractivity contribution is -0.139. The van der Waals surface area contributed by atoms with Gasteiger partial charge in [0.2, 0.25) is 11.8 Å². The molecule has 2 rings (SSSR count). The molecule has 0 saturated carbocycles. The van der Waals surface area contributed by atoms with Crippen molar-refractivity contribution in [3.8, 4) is 0 Å². The SMILES string of the molecule is CCCNC(=O)[C@@H](CC)N(Cc1ccc(F)cc1)C(=O)CSc1ccc(Cl)cc1. The number of benzene rings is 2. The summed E-state index contributed by atoms with van der Waals surface area (Å²) in [4.78, 5) is 28.2. The Morgan fingerprint density at radius 2 is 1.76 bits per heavy atom. The maximum Gasteiger partial charge on any atom is 0.242 e. The molecule has 0 bridgehead atoms. The summed E-state index contributed by atoms with van der Waals surface area (Å²) in [6.45, 7) is 4.67. The van der Waals surface area contributed by atoms with E-state index in [0.717, 1.165) is 16.9 Å². The summed E-state index contributed by atoms with van der Waals surface area (Å²) in [6, 6.07) is 12.7. The molecule has 0 aliphatic rings. The van der Waals surface area contributed by atoms with Crippen LogP contribution < -0.4 is 5.32 Å². The Morgan fingerprint density at radius 3 is 2.34 bits per heavy atom. The highest BCUT2D eigenvalue weighted by atomic mass is 35.5. The topological polar surface area (TPSA) is 49.4 Å². The molecule has 1 N–H and O–H groups in total. The van der Waals surface area contributed by atoms with Gasteiger partial charge in [0.15, 0.2) is 0 Å². The first-order valence-corrected chi connectivity index (χ1v) is 11.0. The lowest BCUT2D eigenvalue weighted by atomic mass is 10.1. The van der Waals surface area contributed by atoms with Crippen LogP contribution in [0.4, 0.5) is 4.39 Å². The monoisotopic (exact) mass is 436 g/mol. The molecule has 29 heavy (non-hydrogen) atoms. The van der Waals surface area contributed by atoms with E-state index in [2.05, 4.69) is 5.32 Å². The molecular formula is C22H26ClFN2O2S. The third kappa shape index (κ3) is 7.37. The molecule has 7 heteroatoms. The van der Waals surface area contributed by atoms with Crippen molar-refractivity contribution in [1.82, 2.24) is 10.2 Å². The van der Waals surface area contributed by atoms with Crippen LogP contribution in [0.5, 0.6) is 0 Å². The van der Waals surface area contributed by atoms with Crippen LogP contribution in [-0.2, 0) is 16.1 Å². The van der Waals surface area contributed by atoms with Gasteiger partial charge in [-0.1, -0.05) is 37.6 Å². The van der Waals surface area contributed by atoms with Gasteiger partial charge in [-0.15, -0.1) is 11.8 Å². The van der Waals surface area contributed by atoms with Crippen LogP contribution in [-0.4, -0.2) is 35.1 Å². The van der Waals surface area contributed by atoms with Crippen molar-refractivity contribution in [2.45, 2.75) is 44.2 Å². The van der Waals surface area contributed by atoms with Gasteiger partial charge in [0.1, 0.15) is 11.9 Å². The number of nitrogens with zero attached hydrogens (tertiary/aromatic N) is 1. The summed E-state index contributed by atoms with van der Waals surface area (Å²) in [5, 5.41) is 3.52. The molecule has 1 atom stereocenters. The van der Waals surface area contributed by atoms with E-state index in [9.17, 15) is 14.0 Å². The molecule has 0 radical (unpaired) electrons. The number of carbonyl (C=O) groups excluding carboxylic acids is 2. The van der Waals surface area contributed by atoms with Crippen LogP contribution in [0.15, 0.2) is 53.4 Å². The zero-order valence-electron chi connectivity index (χ0n) is 16.7. The van der Waals surface area contributed by atoms with Gasteiger partial charge >= 0.3 is 0 Å². The van der Waals surface area contributed by atoms with E-state index in [-0.39, 0.29) is 29.9 Å². The largest absolute Gasteiger partial charge is 0.354 e. The zero-order chi connectivity index (χ0) is 21.2. The van der Waals surface area contributed by atoms with E-state index in [0.29, 0.717) is 18.0 Å². The van der Waals surface area contributed by atoms with Crippen molar-refractivity contribution in [3.63, 3.8) is 0 Å². The molecule has 0 saturated heterocycles. The molecule has 2 amide bonds.